The number of piperidine rings is 1. The number of nitrogens with zero attached hydrogens (tertiary/aromatic N) is 1. The normalized spacial score (nSPS) is 15.9. The second kappa shape index (κ2) is 13.9. The summed E-state index contributed by atoms with van der Waals surface area (Å²) in [7, 11) is 1.32. The van der Waals surface area contributed by atoms with Crippen molar-refractivity contribution in [3.05, 3.63) is 42.0 Å². The molecule has 1 saturated heterocycles. The van der Waals surface area contributed by atoms with Gasteiger partial charge in [-0.25, -0.2) is 4.79 Å². The molecule has 0 saturated carbocycles. The number of methoxy groups -OCH3 is 1. The molecule has 0 spiro atoms. The third-order valence-corrected chi connectivity index (χ3v) is 5.56. The van der Waals surface area contributed by atoms with Crippen molar-refractivity contribution in [2.45, 2.75) is 32.4 Å². The Morgan fingerprint density at radius 3 is 2.63 bits per heavy atom. The third kappa shape index (κ3) is 10.0. The Morgan fingerprint density at radius 1 is 1.20 bits per heavy atom. The van der Waals surface area contributed by atoms with Gasteiger partial charge in [0.15, 0.2) is 6.23 Å². The van der Waals surface area contributed by atoms with Gasteiger partial charge < -0.3 is 20.1 Å². The smallest absolute Gasteiger partial charge is 0.406 e. The lowest BCUT2D eigenvalue weighted by Crippen LogP contribution is -2.39. The van der Waals surface area contributed by atoms with Crippen molar-refractivity contribution in [1.29, 1.82) is 0 Å². The molecule has 2 amide bonds. The average Bonchev–Trinajstić information content (AvgIpc) is 2.74. The average molecular weight is 436 g/mol. The Morgan fingerprint density at radius 2 is 1.93 bits per heavy atom. The number of rotatable bonds is 11. The van der Waals surface area contributed by atoms with Crippen LogP contribution in [0, 0.1) is 0 Å². The van der Waals surface area contributed by atoms with E-state index in [2.05, 4.69) is 27.2 Å². The second-order valence-corrected chi connectivity index (χ2v) is 8.34. The van der Waals surface area contributed by atoms with E-state index < -0.39 is 12.3 Å². The predicted molar refractivity (Wildman–Crippen MR) is 121 cm³/mol. The number of amides is 2. The number of para-hydroxylation sites is 1. The van der Waals surface area contributed by atoms with Gasteiger partial charge in [-0.05, 0) is 51.1 Å². The molecular weight excluding hydrogens is 402 g/mol. The summed E-state index contributed by atoms with van der Waals surface area (Å²) in [5.41, 5.74) is 1.17. The molecule has 1 heterocycles. The Labute approximate surface area is 183 Å². The SMILES string of the molecule is COC(=O)NCCSCC(=O)NC(/C=C(/C)CN1CCCCC1)Oc1ccccc1. The summed E-state index contributed by atoms with van der Waals surface area (Å²) in [6.07, 6.45) is 4.79. The number of carbonyl (C=O) groups is 2. The zero-order chi connectivity index (χ0) is 21.6. The molecule has 8 heteroatoms. The summed E-state index contributed by atoms with van der Waals surface area (Å²) in [6.45, 7) is 5.66. The van der Waals surface area contributed by atoms with Crippen molar-refractivity contribution in [2.75, 3.05) is 44.8 Å². The van der Waals surface area contributed by atoms with Gasteiger partial charge in [0.2, 0.25) is 5.91 Å². The maximum absolute atomic E-state index is 12.4. The van der Waals surface area contributed by atoms with Crippen LogP contribution in [0.4, 0.5) is 4.79 Å². The Hall–Kier alpha value is -2.19. The van der Waals surface area contributed by atoms with Gasteiger partial charge in [-0.15, -0.1) is 0 Å². The molecular formula is C22H33N3O4S. The molecule has 0 radical (unpaired) electrons. The fraction of sp³-hybridized carbons (Fsp3) is 0.545. The van der Waals surface area contributed by atoms with E-state index in [-0.39, 0.29) is 11.7 Å². The van der Waals surface area contributed by atoms with E-state index >= 15 is 0 Å². The first kappa shape index (κ1) is 24.1. The molecule has 30 heavy (non-hydrogen) atoms. The largest absolute Gasteiger partial charge is 0.467 e. The molecule has 1 fully saturated rings. The number of likely N-dealkylation sites (tertiary alicyclic amines) is 1. The standard InChI is InChI=1S/C22H33N3O4S/c1-18(16-25-12-7-4-8-13-25)15-21(29-19-9-5-3-6-10-19)24-20(26)17-30-14-11-23-22(27)28-2/h3,5-6,9-10,15,21H,4,7-8,11-14,16-17H2,1-2H3,(H,23,27)(H,24,26)/b18-15-. The van der Waals surface area contributed by atoms with E-state index in [0.717, 1.165) is 19.6 Å². The molecule has 2 rings (SSSR count). The molecule has 1 atom stereocenters. The monoisotopic (exact) mass is 435 g/mol. The van der Waals surface area contributed by atoms with E-state index in [9.17, 15) is 9.59 Å². The van der Waals surface area contributed by atoms with Crippen molar-refractivity contribution in [3.8, 4) is 5.75 Å². The number of nitrogens with one attached hydrogen (secondary N) is 2. The maximum Gasteiger partial charge on any atom is 0.406 e. The Balaban J connectivity index is 1.86. The third-order valence-electron chi connectivity index (χ3n) is 4.60. The van der Waals surface area contributed by atoms with Crippen LogP contribution in [-0.2, 0) is 9.53 Å². The number of hydrogen-bond donors (Lipinski definition) is 2. The highest BCUT2D eigenvalue weighted by molar-refractivity contribution is 7.99. The number of hydrogen-bond acceptors (Lipinski definition) is 6. The first-order valence-corrected chi connectivity index (χ1v) is 11.5. The number of ether oxygens (including phenoxy) is 2. The van der Waals surface area contributed by atoms with E-state index in [4.69, 9.17) is 4.74 Å². The van der Waals surface area contributed by atoms with Gasteiger partial charge in [-0.2, -0.15) is 11.8 Å². The van der Waals surface area contributed by atoms with Crippen LogP contribution in [0.5, 0.6) is 5.75 Å². The van der Waals surface area contributed by atoms with E-state index in [1.165, 1.54) is 43.7 Å². The minimum Gasteiger partial charge on any atom is -0.467 e. The van der Waals surface area contributed by atoms with Gasteiger partial charge in [0, 0.05) is 18.8 Å². The first-order chi connectivity index (χ1) is 14.6. The molecule has 2 N–H and O–H groups in total. The van der Waals surface area contributed by atoms with Gasteiger partial charge >= 0.3 is 6.09 Å². The topological polar surface area (TPSA) is 79.9 Å². The Bertz CT molecular complexity index is 678. The molecule has 1 aromatic carbocycles. The molecule has 1 aliphatic rings. The Kier molecular flexibility index (Phi) is 11.2. The quantitative estimate of drug-likeness (QED) is 0.316. The summed E-state index contributed by atoms with van der Waals surface area (Å²) in [5, 5.41) is 5.55. The van der Waals surface area contributed by atoms with E-state index in [1.807, 2.05) is 36.4 Å². The minimum atomic E-state index is -0.529. The minimum absolute atomic E-state index is 0.110. The molecule has 1 aliphatic heterocycles. The lowest BCUT2D eigenvalue weighted by molar-refractivity contribution is -0.120. The number of benzene rings is 1. The van der Waals surface area contributed by atoms with E-state index in [1.54, 1.807) is 0 Å². The van der Waals surface area contributed by atoms with Crippen LogP contribution in [0.1, 0.15) is 26.2 Å². The molecule has 166 valence electrons. The summed E-state index contributed by atoms with van der Waals surface area (Å²) in [4.78, 5) is 25.9. The van der Waals surface area contributed by atoms with Crippen LogP contribution in [0.25, 0.3) is 0 Å². The highest BCUT2D eigenvalue weighted by Crippen LogP contribution is 2.14. The van der Waals surface area contributed by atoms with Crippen molar-refractivity contribution in [2.24, 2.45) is 0 Å². The molecule has 1 unspecified atom stereocenters. The fourth-order valence-corrected chi connectivity index (χ4v) is 3.85. The lowest BCUT2D eigenvalue weighted by Gasteiger charge is -2.27. The highest BCUT2D eigenvalue weighted by atomic mass is 32.2. The van der Waals surface area contributed by atoms with Gasteiger partial charge in [0.05, 0.1) is 12.9 Å². The van der Waals surface area contributed by atoms with Gasteiger partial charge in [-0.1, -0.05) is 30.2 Å². The first-order valence-electron chi connectivity index (χ1n) is 10.4. The molecule has 0 aliphatic carbocycles. The number of alkyl carbamates (subject to hydrolysis) is 1. The van der Waals surface area contributed by atoms with Crippen LogP contribution >= 0.6 is 11.8 Å². The molecule has 0 aromatic heterocycles. The van der Waals surface area contributed by atoms with Crippen LogP contribution in [0.15, 0.2) is 42.0 Å². The lowest BCUT2D eigenvalue weighted by atomic mass is 10.1. The zero-order valence-electron chi connectivity index (χ0n) is 17.9. The van der Waals surface area contributed by atoms with Crippen molar-refractivity contribution >= 4 is 23.8 Å². The molecule has 7 nitrogen and oxygen atoms in total. The van der Waals surface area contributed by atoms with Crippen LogP contribution in [0.2, 0.25) is 0 Å². The van der Waals surface area contributed by atoms with Crippen molar-refractivity contribution in [1.82, 2.24) is 15.5 Å². The number of carbonyl (C=O) groups excluding carboxylic acids is 2. The highest BCUT2D eigenvalue weighted by Gasteiger charge is 2.15. The van der Waals surface area contributed by atoms with Crippen LogP contribution in [-0.4, -0.2) is 67.9 Å². The van der Waals surface area contributed by atoms with Crippen molar-refractivity contribution in [3.63, 3.8) is 0 Å². The number of thioether (sulfide) groups is 1. The van der Waals surface area contributed by atoms with Gasteiger partial charge in [-0.3, -0.25) is 9.69 Å². The summed E-state index contributed by atoms with van der Waals surface area (Å²) in [5.74, 6) is 1.51. The van der Waals surface area contributed by atoms with E-state index in [0.29, 0.717) is 18.0 Å². The summed E-state index contributed by atoms with van der Waals surface area (Å²) >= 11 is 1.44. The van der Waals surface area contributed by atoms with Gasteiger partial charge in [0.25, 0.3) is 0 Å². The summed E-state index contributed by atoms with van der Waals surface area (Å²) in [6, 6.07) is 9.49. The molecule has 1 aromatic rings. The van der Waals surface area contributed by atoms with Crippen LogP contribution < -0.4 is 15.4 Å². The van der Waals surface area contributed by atoms with Crippen LogP contribution in [0.3, 0.4) is 0 Å². The van der Waals surface area contributed by atoms with Crippen molar-refractivity contribution < 1.29 is 19.1 Å². The van der Waals surface area contributed by atoms with Gasteiger partial charge in [0.1, 0.15) is 5.75 Å². The zero-order valence-corrected chi connectivity index (χ0v) is 18.7. The summed E-state index contributed by atoms with van der Waals surface area (Å²) < 4.78 is 10.5. The maximum atomic E-state index is 12.4. The fourth-order valence-electron chi connectivity index (χ4n) is 3.19. The predicted octanol–water partition coefficient (Wildman–Crippen LogP) is 3.03. The molecule has 0 bridgehead atoms. The second-order valence-electron chi connectivity index (χ2n) is 7.24.